The van der Waals surface area contributed by atoms with Crippen LogP contribution in [0, 0.1) is 0 Å². The molecule has 5 nitrogen and oxygen atoms in total. The van der Waals surface area contributed by atoms with Crippen LogP contribution in [0.2, 0.25) is 0 Å². The van der Waals surface area contributed by atoms with Gasteiger partial charge < -0.3 is 15.0 Å². The van der Waals surface area contributed by atoms with E-state index in [1.807, 2.05) is 45.0 Å². The van der Waals surface area contributed by atoms with Crippen LogP contribution in [0.3, 0.4) is 0 Å². The first kappa shape index (κ1) is 19.0. The normalized spacial score (nSPS) is 11.7. The molecule has 0 spiro atoms. The van der Waals surface area contributed by atoms with Crippen molar-refractivity contribution in [2.45, 2.75) is 52.6 Å². The molecule has 0 radical (unpaired) electrons. The minimum atomic E-state index is -0.444. The molecule has 1 N–H and O–H groups in total. The summed E-state index contributed by atoms with van der Waals surface area (Å²) in [5.74, 6) is 0.639. The van der Waals surface area contributed by atoms with Crippen molar-refractivity contribution in [3.8, 4) is 5.75 Å². The van der Waals surface area contributed by atoms with Gasteiger partial charge in [-0.3, -0.25) is 9.59 Å². The molecule has 5 heteroatoms. The molecule has 1 rings (SSSR count). The minimum absolute atomic E-state index is 0.0219. The standard InChI is InChI=1S/C18H28N2O3/c1-5-11-19-18(22)16(6-2)20(17(21)7-3)13-14-9-8-10-15(12-14)23-4/h8-10,12,16H,5-7,11,13H2,1-4H3,(H,19,22)/t16-/m1/s1. The minimum Gasteiger partial charge on any atom is -0.497 e. The number of nitrogens with zero attached hydrogens (tertiary/aromatic N) is 1. The smallest absolute Gasteiger partial charge is 0.242 e. The molecule has 0 bridgehead atoms. The highest BCUT2D eigenvalue weighted by molar-refractivity contribution is 5.87. The van der Waals surface area contributed by atoms with E-state index >= 15 is 0 Å². The Morgan fingerprint density at radius 3 is 2.57 bits per heavy atom. The van der Waals surface area contributed by atoms with Crippen LogP contribution in [-0.2, 0) is 16.1 Å². The Kier molecular flexibility index (Phi) is 8.16. The van der Waals surface area contributed by atoms with E-state index in [0.717, 1.165) is 17.7 Å². The van der Waals surface area contributed by atoms with E-state index in [-0.39, 0.29) is 11.8 Å². The molecular weight excluding hydrogens is 292 g/mol. The summed E-state index contributed by atoms with van der Waals surface area (Å²) in [4.78, 5) is 26.4. The van der Waals surface area contributed by atoms with Gasteiger partial charge in [0.25, 0.3) is 0 Å². The first-order valence-corrected chi connectivity index (χ1v) is 8.27. The molecule has 0 aliphatic rings. The zero-order valence-electron chi connectivity index (χ0n) is 14.6. The first-order valence-electron chi connectivity index (χ1n) is 8.27. The summed E-state index contributed by atoms with van der Waals surface area (Å²) in [5.41, 5.74) is 0.952. The highest BCUT2D eigenvalue weighted by Crippen LogP contribution is 2.17. The number of carbonyl (C=O) groups is 2. The summed E-state index contributed by atoms with van der Waals surface area (Å²) < 4.78 is 5.23. The maximum atomic E-state index is 12.4. The van der Waals surface area contributed by atoms with Gasteiger partial charge >= 0.3 is 0 Å². The third kappa shape index (κ3) is 5.58. The van der Waals surface area contributed by atoms with E-state index in [1.165, 1.54) is 0 Å². The number of carbonyl (C=O) groups excluding carboxylic acids is 2. The lowest BCUT2D eigenvalue weighted by Gasteiger charge is -2.30. The quantitative estimate of drug-likeness (QED) is 0.761. The van der Waals surface area contributed by atoms with E-state index in [9.17, 15) is 9.59 Å². The van der Waals surface area contributed by atoms with Crippen LogP contribution >= 0.6 is 0 Å². The van der Waals surface area contributed by atoms with Crippen molar-refractivity contribution in [3.05, 3.63) is 29.8 Å². The van der Waals surface area contributed by atoms with Gasteiger partial charge in [0.2, 0.25) is 11.8 Å². The fourth-order valence-corrected chi connectivity index (χ4v) is 2.46. The van der Waals surface area contributed by atoms with Crippen LogP contribution in [0.15, 0.2) is 24.3 Å². The molecule has 1 aromatic carbocycles. The van der Waals surface area contributed by atoms with Gasteiger partial charge in [0.15, 0.2) is 0 Å². The molecule has 0 heterocycles. The van der Waals surface area contributed by atoms with Crippen LogP contribution in [0.1, 0.15) is 45.6 Å². The number of methoxy groups -OCH3 is 1. The molecule has 128 valence electrons. The van der Waals surface area contributed by atoms with Gasteiger partial charge in [0.05, 0.1) is 7.11 Å². The highest BCUT2D eigenvalue weighted by Gasteiger charge is 2.27. The van der Waals surface area contributed by atoms with Crippen LogP contribution in [0.25, 0.3) is 0 Å². The second-order valence-corrected chi connectivity index (χ2v) is 5.44. The van der Waals surface area contributed by atoms with E-state index in [1.54, 1.807) is 12.0 Å². The molecule has 0 saturated carbocycles. The van der Waals surface area contributed by atoms with Crippen LogP contribution < -0.4 is 10.1 Å². The van der Waals surface area contributed by atoms with E-state index in [2.05, 4.69) is 5.32 Å². The Morgan fingerprint density at radius 2 is 2.00 bits per heavy atom. The van der Waals surface area contributed by atoms with Gasteiger partial charge in [-0.25, -0.2) is 0 Å². The highest BCUT2D eigenvalue weighted by atomic mass is 16.5. The van der Waals surface area contributed by atoms with Crippen molar-refractivity contribution in [2.75, 3.05) is 13.7 Å². The van der Waals surface area contributed by atoms with Crippen LogP contribution in [0.4, 0.5) is 0 Å². The van der Waals surface area contributed by atoms with Crippen LogP contribution in [-0.4, -0.2) is 36.4 Å². The number of ether oxygens (including phenoxy) is 1. The van der Waals surface area contributed by atoms with E-state index in [0.29, 0.717) is 25.9 Å². The van der Waals surface area contributed by atoms with Crippen molar-refractivity contribution >= 4 is 11.8 Å². The Bertz CT molecular complexity index is 517. The first-order chi connectivity index (χ1) is 11.1. The summed E-state index contributed by atoms with van der Waals surface area (Å²) in [6.07, 6.45) is 1.84. The average molecular weight is 320 g/mol. The molecule has 0 fully saturated rings. The Morgan fingerprint density at radius 1 is 1.26 bits per heavy atom. The molecule has 23 heavy (non-hydrogen) atoms. The number of benzene rings is 1. The van der Waals surface area contributed by atoms with Gasteiger partial charge in [0.1, 0.15) is 11.8 Å². The number of rotatable bonds is 9. The predicted molar refractivity (Wildman–Crippen MR) is 91.2 cm³/mol. The number of nitrogens with one attached hydrogen (secondary N) is 1. The maximum absolute atomic E-state index is 12.4. The summed E-state index contributed by atoms with van der Waals surface area (Å²) in [6, 6.07) is 7.14. The SMILES string of the molecule is CCCNC(=O)[C@@H](CC)N(Cc1cccc(OC)c1)C(=O)CC. The molecule has 0 aromatic heterocycles. The molecule has 1 atom stereocenters. The van der Waals surface area contributed by atoms with Gasteiger partial charge in [-0.15, -0.1) is 0 Å². The van der Waals surface area contributed by atoms with Crippen molar-refractivity contribution in [2.24, 2.45) is 0 Å². The van der Waals surface area contributed by atoms with Crippen molar-refractivity contribution in [1.82, 2.24) is 10.2 Å². The third-order valence-electron chi connectivity index (χ3n) is 3.72. The summed E-state index contributed by atoms with van der Waals surface area (Å²) in [7, 11) is 1.61. The van der Waals surface area contributed by atoms with Crippen LogP contribution in [0.5, 0.6) is 5.75 Å². The third-order valence-corrected chi connectivity index (χ3v) is 3.72. The number of amides is 2. The monoisotopic (exact) mass is 320 g/mol. The largest absolute Gasteiger partial charge is 0.497 e. The topological polar surface area (TPSA) is 58.6 Å². The second kappa shape index (κ2) is 9.87. The van der Waals surface area contributed by atoms with Gasteiger partial charge in [0, 0.05) is 19.5 Å². The fraction of sp³-hybridized carbons (Fsp3) is 0.556. The maximum Gasteiger partial charge on any atom is 0.242 e. The Hall–Kier alpha value is -2.04. The molecule has 0 unspecified atom stereocenters. The summed E-state index contributed by atoms with van der Waals surface area (Å²) in [5, 5.41) is 2.89. The van der Waals surface area contributed by atoms with Crippen molar-refractivity contribution < 1.29 is 14.3 Å². The zero-order chi connectivity index (χ0) is 17.2. The summed E-state index contributed by atoms with van der Waals surface area (Å²) >= 11 is 0. The lowest BCUT2D eigenvalue weighted by Crippen LogP contribution is -2.49. The van der Waals surface area contributed by atoms with E-state index < -0.39 is 6.04 Å². The number of hydrogen-bond acceptors (Lipinski definition) is 3. The Balaban J connectivity index is 2.97. The molecule has 0 saturated heterocycles. The van der Waals surface area contributed by atoms with Crippen molar-refractivity contribution in [1.29, 1.82) is 0 Å². The summed E-state index contributed by atoms with van der Waals surface area (Å²) in [6.45, 7) is 6.78. The molecule has 0 aliphatic carbocycles. The molecular formula is C18H28N2O3. The number of hydrogen-bond donors (Lipinski definition) is 1. The average Bonchev–Trinajstić information content (AvgIpc) is 2.59. The van der Waals surface area contributed by atoms with Gasteiger partial charge in [-0.05, 0) is 30.5 Å². The van der Waals surface area contributed by atoms with Gasteiger partial charge in [-0.1, -0.05) is 32.9 Å². The predicted octanol–water partition coefficient (Wildman–Crippen LogP) is 2.74. The van der Waals surface area contributed by atoms with Gasteiger partial charge in [-0.2, -0.15) is 0 Å². The second-order valence-electron chi connectivity index (χ2n) is 5.44. The lowest BCUT2D eigenvalue weighted by molar-refractivity contribution is -0.141. The van der Waals surface area contributed by atoms with E-state index in [4.69, 9.17) is 4.74 Å². The fourth-order valence-electron chi connectivity index (χ4n) is 2.46. The molecule has 1 aromatic rings. The Labute approximate surface area is 139 Å². The molecule has 0 aliphatic heterocycles. The molecule has 2 amide bonds. The zero-order valence-corrected chi connectivity index (χ0v) is 14.6. The lowest BCUT2D eigenvalue weighted by atomic mass is 10.1. The van der Waals surface area contributed by atoms with Crippen molar-refractivity contribution in [3.63, 3.8) is 0 Å².